The molecule has 0 amide bonds. The monoisotopic (exact) mass is 400 g/mol. The van der Waals surface area contributed by atoms with E-state index in [1.165, 1.54) is 29.6 Å². The molecular formula is C17H16N6O4S. The summed E-state index contributed by atoms with van der Waals surface area (Å²) in [6.07, 6.45) is 3.06. The lowest BCUT2D eigenvalue weighted by Gasteiger charge is -2.09. The van der Waals surface area contributed by atoms with Gasteiger partial charge >= 0.3 is 5.97 Å². The van der Waals surface area contributed by atoms with Crippen LogP contribution >= 0.6 is 11.3 Å². The van der Waals surface area contributed by atoms with Crippen LogP contribution in [-0.2, 0) is 4.74 Å². The number of hydrogen-bond donors (Lipinski definition) is 1. The van der Waals surface area contributed by atoms with Crippen LogP contribution in [0.1, 0.15) is 22.2 Å². The molecule has 0 bridgehead atoms. The summed E-state index contributed by atoms with van der Waals surface area (Å²) in [7, 11) is 1.66. The Hall–Kier alpha value is -3.60. The van der Waals surface area contributed by atoms with Gasteiger partial charge in [-0.05, 0) is 24.6 Å². The highest BCUT2D eigenvalue weighted by Crippen LogP contribution is 2.33. The van der Waals surface area contributed by atoms with Gasteiger partial charge in [-0.3, -0.25) is 10.1 Å². The molecule has 3 aromatic rings. The van der Waals surface area contributed by atoms with Crippen LogP contribution in [0.2, 0.25) is 0 Å². The molecule has 0 fully saturated rings. The minimum atomic E-state index is -0.492. The minimum Gasteiger partial charge on any atom is -0.462 e. The number of rotatable bonds is 6. The maximum absolute atomic E-state index is 12.0. The van der Waals surface area contributed by atoms with Crippen molar-refractivity contribution in [2.75, 3.05) is 24.4 Å². The third kappa shape index (κ3) is 3.88. The summed E-state index contributed by atoms with van der Waals surface area (Å²) in [4.78, 5) is 31.6. The third-order valence-corrected chi connectivity index (χ3v) is 4.80. The highest BCUT2D eigenvalue weighted by atomic mass is 32.1. The Labute approximate surface area is 163 Å². The van der Waals surface area contributed by atoms with Gasteiger partial charge in [0.15, 0.2) is 0 Å². The number of hydrazone groups is 1. The Bertz CT molecular complexity index is 1060. The van der Waals surface area contributed by atoms with Gasteiger partial charge in [0.2, 0.25) is 5.95 Å². The van der Waals surface area contributed by atoms with Crippen molar-refractivity contribution in [2.24, 2.45) is 5.10 Å². The Kier molecular flexibility index (Phi) is 5.45. The quantitative estimate of drug-likeness (QED) is 0.289. The fourth-order valence-corrected chi connectivity index (χ4v) is 3.24. The van der Waals surface area contributed by atoms with Crippen LogP contribution in [-0.4, -0.2) is 40.7 Å². The van der Waals surface area contributed by atoms with Crippen molar-refractivity contribution in [2.45, 2.75) is 6.92 Å². The van der Waals surface area contributed by atoms with Crippen molar-refractivity contribution < 1.29 is 14.5 Å². The molecule has 3 rings (SSSR count). The van der Waals surface area contributed by atoms with Crippen LogP contribution in [0.5, 0.6) is 0 Å². The summed E-state index contributed by atoms with van der Waals surface area (Å²) in [5.74, 6) is -0.184. The van der Waals surface area contributed by atoms with E-state index in [0.29, 0.717) is 32.3 Å². The highest BCUT2D eigenvalue weighted by molar-refractivity contribution is 7.21. The third-order valence-electron chi connectivity index (χ3n) is 3.71. The molecule has 0 aliphatic rings. The van der Waals surface area contributed by atoms with E-state index in [0.717, 1.165) is 11.3 Å². The number of carbonyl (C=O) groups excluding carboxylic acids is 1. The fourth-order valence-electron chi connectivity index (χ4n) is 2.29. The van der Waals surface area contributed by atoms with Gasteiger partial charge in [-0.25, -0.2) is 19.8 Å². The van der Waals surface area contributed by atoms with Crippen LogP contribution in [0, 0.1) is 10.1 Å². The lowest BCUT2D eigenvalue weighted by atomic mass is 10.2. The molecule has 0 spiro atoms. The summed E-state index contributed by atoms with van der Waals surface area (Å²) in [5.41, 5.74) is 6.99. The second kappa shape index (κ2) is 7.96. The van der Waals surface area contributed by atoms with Gasteiger partial charge in [0.05, 0.1) is 28.8 Å². The van der Waals surface area contributed by atoms with E-state index in [2.05, 4.69) is 15.1 Å². The summed E-state index contributed by atoms with van der Waals surface area (Å²) >= 11 is 1.13. The first-order valence-electron chi connectivity index (χ1n) is 8.15. The first kappa shape index (κ1) is 19.2. The summed E-state index contributed by atoms with van der Waals surface area (Å²) < 4.78 is 4.99. The number of fused-ring (bicyclic) bond motifs is 1. The standard InChI is InChI=1S/C17H16N6O4S/c1-3-27-16(24)14-13(18)12-9-19-17(21-15(12)28-14)22(2)20-8-10-4-6-11(7-5-10)23(25)26/h4-9H,3,18H2,1-2H3. The highest BCUT2D eigenvalue weighted by Gasteiger charge is 2.19. The number of non-ortho nitro benzene ring substituents is 1. The van der Waals surface area contributed by atoms with Crippen molar-refractivity contribution in [3.05, 3.63) is 51.0 Å². The van der Waals surface area contributed by atoms with Crippen molar-refractivity contribution in [1.82, 2.24) is 9.97 Å². The Balaban J connectivity index is 1.82. The number of benzene rings is 1. The number of nitrogens with zero attached hydrogens (tertiary/aromatic N) is 5. The number of nitro benzene ring substituents is 1. The number of ether oxygens (including phenoxy) is 1. The Morgan fingerprint density at radius 2 is 2.14 bits per heavy atom. The van der Waals surface area contributed by atoms with E-state index in [9.17, 15) is 14.9 Å². The van der Waals surface area contributed by atoms with Gasteiger partial charge in [-0.15, -0.1) is 11.3 Å². The van der Waals surface area contributed by atoms with Gasteiger partial charge in [0.25, 0.3) is 5.69 Å². The van der Waals surface area contributed by atoms with E-state index in [-0.39, 0.29) is 12.3 Å². The molecule has 11 heteroatoms. The predicted octanol–water partition coefficient (Wildman–Crippen LogP) is 2.83. The second-order valence-electron chi connectivity index (χ2n) is 5.57. The van der Waals surface area contributed by atoms with Crippen LogP contribution in [0.4, 0.5) is 17.3 Å². The van der Waals surface area contributed by atoms with E-state index in [1.807, 2.05) is 0 Å². The molecule has 144 valence electrons. The first-order valence-corrected chi connectivity index (χ1v) is 8.96. The number of hydrogen-bond acceptors (Lipinski definition) is 10. The average molecular weight is 400 g/mol. The summed E-state index contributed by atoms with van der Waals surface area (Å²) in [6, 6.07) is 5.97. The molecule has 0 saturated carbocycles. The summed E-state index contributed by atoms with van der Waals surface area (Å²) in [6.45, 7) is 1.97. The number of thiophene rings is 1. The molecule has 0 unspecified atom stereocenters. The van der Waals surface area contributed by atoms with E-state index in [1.54, 1.807) is 26.1 Å². The molecule has 1 aromatic carbocycles. The fraction of sp³-hybridized carbons (Fsp3) is 0.176. The zero-order chi connectivity index (χ0) is 20.3. The van der Waals surface area contributed by atoms with E-state index < -0.39 is 10.9 Å². The topological polar surface area (TPSA) is 137 Å². The smallest absolute Gasteiger partial charge is 0.350 e. The van der Waals surface area contributed by atoms with Crippen molar-refractivity contribution in [1.29, 1.82) is 0 Å². The molecule has 0 radical (unpaired) electrons. The SMILES string of the molecule is CCOC(=O)c1sc2nc(N(C)N=Cc3ccc([N+](=O)[O-])cc3)ncc2c1N. The number of nitrogens with two attached hydrogens (primary N) is 1. The summed E-state index contributed by atoms with van der Waals surface area (Å²) in [5, 5.41) is 16.9. The Morgan fingerprint density at radius 3 is 2.79 bits per heavy atom. The number of nitrogen functional groups attached to an aromatic ring is 1. The lowest BCUT2D eigenvalue weighted by molar-refractivity contribution is -0.384. The maximum atomic E-state index is 12.0. The van der Waals surface area contributed by atoms with Gasteiger partial charge in [-0.1, -0.05) is 0 Å². The number of anilines is 2. The van der Waals surface area contributed by atoms with Crippen LogP contribution < -0.4 is 10.7 Å². The van der Waals surface area contributed by atoms with Crippen molar-refractivity contribution >= 4 is 51.1 Å². The molecule has 0 aliphatic heterocycles. The second-order valence-corrected chi connectivity index (χ2v) is 6.57. The molecule has 0 aliphatic carbocycles. The minimum absolute atomic E-state index is 0.00646. The Morgan fingerprint density at radius 1 is 1.43 bits per heavy atom. The van der Waals surface area contributed by atoms with Gasteiger partial charge < -0.3 is 10.5 Å². The van der Waals surface area contributed by atoms with Gasteiger partial charge in [0, 0.05) is 25.4 Å². The normalized spacial score (nSPS) is 11.1. The van der Waals surface area contributed by atoms with Gasteiger partial charge in [0.1, 0.15) is 9.71 Å². The van der Waals surface area contributed by atoms with Crippen molar-refractivity contribution in [3.8, 4) is 0 Å². The lowest BCUT2D eigenvalue weighted by Crippen LogP contribution is -2.12. The number of esters is 1. The van der Waals surface area contributed by atoms with Crippen molar-refractivity contribution in [3.63, 3.8) is 0 Å². The van der Waals surface area contributed by atoms with Gasteiger partial charge in [-0.2, -0.15) is 5.10 Å². The van der Waals surface area contributed by atoms with E-state index >= 15 is 0 Å². The molecule has 10 nitrogen and oxygen atoms in total. The molecular weight excluding hydrogens is 384 g/mol. The first-order chi connectivity index (χ1) is 13.4. The predicted molar refractivity (Wildman–Crippen MR) is 107 cm³/mol. The molecule has 0 saturated heterocycles. The molecule has 2 heterocycles. The molecule has 28 heavy (non-hydrogen) atoms. The largest absolute Gasteiger partial charge is 0.462 e. The zero-order valence-electron chi connectivity index (χ0n) is 15.0. The number of nitro groups is 1. The molecule has 2 N–H and O–H groups in total. The number of aromatic nitrogens is 2. The molecule has 0 atom stereocenters. The molecule has 2 aromatic heterocycles. The van der Waals surface area contributed by atoms with E-state index in [4.69, 9.17) is 10.5 Å². The zero-order valence-corrected chi connectivity index (χ0v) is 15.8. The number of carbonyl (C=O) groups is 1. The van der Waals surface area contributed by atoms with Crippen LogP contribution in [0.3, 0.4) is 0 Å². The average Bonchev–Trinajstić information content (AvgIpc) is 3.02. The van der Waals surface area contributed by atoms with Crippen LogP contribution in [0.25, 0.3) is 10.2 Å². The van der Waals surface area contributed by atoms with Crippen LogP contribution in [0.15, 0.2) is 35.6 Å². The maximum Gasteiger partial charge on any atom is 0.350 e.